The summed E-state index contributed by atoms with van der Waals surface area (Å²) >= 11 is 0. The van der Waals surface area contributed by atoms with Gasteiger partial charge in [-0.3, -0.25) is 4.79 Å². The zero-order chi connectivity index (χ0) is 16.9. The highest BCUT2D eigenvalue weighted by Crippen LogP contribution is 2.31. The Morgan fingerprint density at radius 3 is 2.62 bits per heavy atom. The van der Waals surface area contributed by atoms with Gasteiger partial charge in [0.15, 0.2) is 17.6 Å². The Morgan fingerprint density at radius 2 is 1.92 bits per heavy atom. The molecular weight excluding hydrogens is 306 g/mol. The summed E-state index contributed by atoms with van der Waals surface area (Å²) in [4.78, 5) is 12.4. The van der Waals surface area contributed by atoms with Crippen LogP contribution in [0.1, 0.15) is 24.2 Å². The normalized spacial score (nSPS) is 17.0. The van der Waals surface area contributed by atoms with Crippen molar-refractivity contribution in [2.75, 3.05) is 13.2 Å². The van der Waals surface area contributed by atoms with E-state index >= 15 is 0 Å². The van der Waals surface area contributed by atoms with Gasteiger partial charge in [0.2, 0.25) is 0 Å². The van der Waals surface area contributed by atoms with Crippen LogP contribution < -0.4 is 19.5 Å². The van der Waals surface area contributed by atoms with Crippen LogP contribution in [-0.4, -0.2) is 31.3 Å². The van der Waals surface area contributed by atoms with Crippen LogP contribution in [0.15, 0.2) is 48.5 Å². The molecule has 1 aliphatic heterocycles. The summed E-state index contributed by atoms with van der Waals surface area (Å²) < 4.78 is 17.0. The molecule has 0 spiro atoms. The van der Waals surface area contributed by atoms with E-state index in [-0.39, 0.29) is 18.1 Å². The predicted octanol–water partition coefficient (Wildman–Crippen LogP) is 3.04. The van der Waals surface area contributed by atoms with Crippen molar-refractivity contribution in [2.24, 2.45) is 0 Å². The Kier molecular flexibility index (Phi) is 4.89. The first-order chi connectivity index (χ1) is 11.7. The van der Waals surface area contributed by atoms with Gasteiger partial charge in [0, 0.05) is 5.56 Å². The molecule has 1 amide bonds. The third-order valence-corrected chi connectivity index (χ3v) is 3.87. The van der Waals surface area contributed by atoms with Gasteiger partial charge in [-0.2, -0.15) is 0 Å². The summed E-state index contributed by atoms with van der Waals surface area (Å²) in [6.45, 7) is 4.84. The molecule has 2 aromatic carbocycles. The van der Waals surface area contributed by atoms with Crippen molar-refractivity contribution in [1.29, 1.82) is 0 Å². The maximum Gasteiger partial charge on any atom is 0.251 e. The molecule has 2 atom stereocenters. The summed E-state index contributed by atoms with van der Waals surface area (Å²) in [5.41, 5.74) is 0.586. The Balaban J connectivity index is 1.60. The third-order valence-electron chi connectivity index (χ3n) is 3.87. The van der Waals surface area contributed by atoms with Gasteiger partial charge in [-0.1, -0.05) is 12.1 Å². The van der Waals surface area contributed by atoms with Crippen LogP contribution in [0.5, 0.6) is 17.2 Å². The number of hydrogen-bond donors (Lipinski definition) is 1. The van der Waals surface area contributed by atoms with Gasteiger partial charge < -0.3 is 19.5 Å². The number of rotatable bonds is 5. The maximum absolute atomic E-state index is 12.4. The molecule has 1 N–H and O–H groups in total. The van der Waals surface area contributed by atoms with E-state index in [2.05, 4.69) is 5.32 Å². The summed E-state index contributed by atoms with van der Waals surface area (Å²) in [5.74, 6) is 2.05. The molecule has 5 nitrogen and oxygen atoms in total. The van der Waals surface area contributed by atoms with Gasteiger partial charge >= 0.3 is 0 Å². The van der Waals surface area contributed by atoms with Crippen LogP contribution >= 0.6 is 0 Å². The van der Waals surface area contributed by atoms with Crippen molar-refractivity contribution >= 4 is 5.91 Å². The summed E-state index contributed by atoms with van der Waals surface area (Å²) in [6.07, 6.45) is -0.230. The molecule has 1 aliphatic rings. The average Bonchev–Trinajstić information content (AvgIpc) is 2.62. The van der Waals surface area contributed by atoms with Crippen molar-refractivity contribution in [2.45, 2.75) is 26.0 Å². The predicted molar refractivity (Wildman–Crippen MR) is 90.9 cm³/mol. The summed E-state index contributed by atoms with van der Waals surface area (Å²) in [7, 11) is 0. The first kappa shape index (κ1) is 16.2. The first-order valence-corrected chi connectivity index (χ1v) is 8.09. The SMILES string of the molecule is CCOc1ccc(C(=O)N[C@H](C)[C@@H]2COc3ccccc3O2)cc1. The molecule has 3 rings (SSSR count). The number of carbonyl (C=O) groups is 1. The van der Waals surface area contributed by atoms with Gasteiger partial charge in [0.1, 0.15) is 12.4 Å². The van der Waals surface area contributed by atoms with E-state index in [0.717, 1.165) is 11.5 Å². The number of nitrogens with one attached hydrogen (secondary N) is 1. The largest absolute Gasteiger partial charge is 0.494 e. The van der Waals surface area contributed by atoms with Crippen molar-refractivity contribution < 1.29 is 19.0 Å². The van der Waals surface area contributed by atoms with Gasteiger partial charge in [-0.25, -0.2) is 0 Å². The van der Waals surface area contributed by atoms with Crippen LogP contribution in [-0.2, 0) is 0 Å². The standard InChI is InChI=1S/C19H21NO4/c1-3-22-15-10-8-14(9-11-15)19(21)20-13(2)18-12-23-16-6-4-5-7-17(16)24-18/h4-11,13,18H,3,12H2,1-2H3,(H,20,21)/t13-,18+/m1/s1. The van der Waals surface area contributed by atoms with Crippen LogP contribution in [0, 0.1) is 0 Å². The second-order valence-corrected chi connectivity index (χ2v) is 5.63. The lowest BCUT2D eigenvalue weighted by Crippen LogP contribution is -2.48. The van der Waals surface area contributed by atoms with Gasteiger partial charge in [0.05, 0.1) is 12.6 Å². The highest BCUT2D eigenvalue weighted by Gasteiger charge is 2.27. The number of fused-ring (bicyclic) bond motifs is 1. The third kappa shape index (κ3) is 3.62. The van der Waals surface area contributed by atoms with Gasteiger partial charge in [0.25, 0.3) is 5.91 Å². The zero-order valence-electron chi connectivity index (χ0n) is 13.8. The number of benzene rings is 2. The smallest absolute Gasteiger partial charge is 0.251 e. The molecule has 0 saturated heterocycles. The Morgan fingerprint density at radius 1 is 1.21 bits per heavy atom. The van der Waals surface area contributed by atoms with Crippen LogP contribution in [0.2, 0.25) is 0 Å². The van der Waals surface area contributed by atoms with Crippen molar-refractivity contribution in [3.8, 4) is 17.2 Å². The van der Waals surface area contributed by atoms with Crippen LogP contribution in [0.25, 0.3) is 0 Å². The lowest BCUT2D eigenvalue weighted by atomic mass is 10.1. The van der Waals surface area contributed by atoms with Crippen molar-refractivity contribution in [3.05, 3.63) is 54.1 Å². The minimum atomic E-state index is -0.230. The second kappa shape index (κ2) is 7.25. The fourth-order valence-electron chi connectivity index (χ4n) is 2.53. The Hall–Kier alpha value is -2.69. The zero-order valence-corrected chi connectivity index (χ0v) is 13.8. The van der Waals surface area contributed by atoms with E-state index in [1.807, 2.05) is 38.1 Å². The quantitative estimate of drug-likeness (QED) is 0.917. The lowest BCUT2D eigenvalue weighted by Gasteiger charge is -2.30. The van der Waals surface area contributed by atoms with Gasteiger partial charge in [-0.15, -0.1) is 0 Å². The summed E-state index contributed by atoms with van der Waals surface area (Å²) in [5, 5.41) is 2.96. The molecule has 126 valence electrons. The van der Waals surface area contributed by atoms with Crippen molar-refractivity contribution in [1.82, 2.24) is 5.32 Å². The Labute approximate surface area is 141 Å². The molecule has 0 unspecified atom stereocenters. The van der Waals surface area contributed by atoms with Crippen LogP contribution in [0.3, 0.4) is 0 Å². The molecule has 0 fully saturated rings. The van der Waals surface area contributed by atoms with Crippen molar-refractivity contribution in [3.63, 3.8) is 0 Å². The molecule has 0 radical (unpaired) electrons. The van der Waals surface area contributed by atoms with E-state index < -0.39 is 0 Å². The number of para-hydroxylation sites is 2. The maximum atomic E-state index is 12.4. The molecule has 5 heteroatoms. The highest BCUT2D eigenvalue weighted by atomic mass is 16.6. The van der Waals surface area contributed by atoms with Crippen LogP contribution in [0.4, 0.5) is 0 Å². The number of amides is 1. The number of hydrogen-bond acceptors (Lipinski definition) is 4. The molecule has 1 heterocycles. The molecule has 2 aromatic rings. The van der Waals surface area contributed by atoms with E-state index in [1.54, 1.807) is 24.3 Å². The fourth-order valence-corrected chi connectivity index (χ4v) is 2.53. The summed E-state index contributed by atoms with van der Waals surface area (Å²) in [6, 6.07) is 14.4. The minimum Gasteiger partial charge on any atom is -0.494 e. The molecule has 0 aliphatic carbocycles. The van der Waals surface area contributed by atoms with E-state index in [4.69, 9.17) is 14.2 Å². The molecular formula is C19H21NO4. The number of carbonyl (C=O) groups excluding carboxylic acids is 1. The number of ether oxygens (including phenoxy) is 3. The van der Waals surface area contributed by atoms with E-state index in [0.29, 0.717) is 24.5 Å². The molecule has 24 heavy (non-hydrogen) atoms. The molecule has 0 bridgehead atoms. The highest BCUT2D eigenvalue weighted by molar-refractivity contribution is 5.94. The van der Waals surface area contributed by atoms with E-state index in [1.165, 1.54) is 0 Å². The van der Waals surface area contributed by atoms with Gasteiger partial charge in [-0.05, 0) is 50.2 Å². The topological polar surface area (TPSA) is 56.8 Å². The molecule has 0 aromatic heterocycles. The minimum absolute atomic E-state index is 0.145. The molecule has 0 saturated carbocycles. The monoisotopic (exact) mass is 327 g/mol. The fraction of sp³-hybridized carbons (Fsp3) is 0.316. The Bertz CT molecular complexity index is 699. The average molecular weight is 327 g/mol. The first-order valence-electron chi connectivity index (χ1n) is 8.09. The van der Waals surface area contributed by atoms with E-state index in [9.17, 15) is 4.79 Å². The lowest BCUT2D eigenvalue weighted by molar-refractivity contribution is 0.0606. The second-order valence-electron chi connectivity index (χ2n) is 5.63.